The number of benzene rings is 1. The van der Waals surface area contributed by atoms with Gasteiger partial charge in [0.25, 0.3) is 0 Å². The van der Waals surface area contributed by atoms with E-state index in [1.54, 1.807) is 6.07 Å². The number of piperidine rings is 1. The quantitative estimate of drug-likeness (QED) is 0.803. The second-order valence-electron chi connectivity index (χ2n) is 6.40. The number of ether oxygens (including phenoxy) is 1. The van der Waals surface area contributed by atoms with Gasteiger partial charge in [0.15, 0.2) is 5.82 Å². The van der Waals surface area contributed by atoms with Crippen LogP contribution in [-0.4, -0.2) is 47.5 Å². The van der Waals surface area contributed by atoms with Crippen LogP contribution in [0.5, 0.6) is 5.75 Å². The van der Waals surface area contributed by atoms with Crippen LogP contribution in [0, 0.1) is 11.7 Å². The Labute approximate surface area is 142 Å². The number of nitrogens with two attached hydrogens (primary N) is 1. The van der Waals surface area contributed by atoms with Crippen LogP contribution in [0.3, 0.4) is 0 Å². The molecule has 0 atom stereocenters. The molecule has 0 amide bonds. The lowest BCUT2D eigenvalue weighted by Gasteiger charge is -2.32. The van der Waals surface area contributed by atoms with Crippen LogP contribution in [0.15, 0.2) is 12.1 Å². The molecule has 3 rings (SSSR count). The summed E-state index contributed by atoms with van der Waals surface area (Å²) in [5.74, 6) is 0.229. The van der Waals surface area contributed by atoms with Crippen LogP contribution in [0.2, 0.25) is 0 Å². The molecule has 1 aromatic heterocycles. The molecule has 25 heavy (non-hydrogen) atoms. The molecule has 2 aromatic rings. The molecule has 1 aliphatic heterocycles. The second-order valence-corrected chi connectivity index (χ2v) is 6.40. The maximum atomic E-state index is 14.0. The summed E-state index contributed by atoms with van der Waals surface area (Å²) in [6.07, 6.45) is -3.36. The minimum atomic E-state index is -4.11. The first-order valence-corrected chi connectivity index (χ1v) is 8.17. The highest BCUT2D eigenvalue weighted by Crippen LogP contribution is 2.28. The van der Waals surface area contributed by atoms with Crippen molar-refractivity contribution >= 4 is 16.7 Å². The Morgan fingerprint density at radius 3 is 2.68 bits per heavy atom. The van der Waals surface area contributed by atoms with Gasteiger partial charge in [-0.3, -0.25) is 5.10 Å². The van der Waals surface area contributed by atoms with Gasteiger partial charge in [-0.25, -0.2) is 4.39 Å². The normalized spacial score (nSPS) is 17.3. The minimum absolute atomic E-state index is 0.0419. The van der Waals surface area contributed by atoms with Gasteiger partial charge < -0.3 is 15.4 Å². The maximum absolute atomic E-state index is 14.0. The molecule has 1 fully saturated rings. The van der Waals surface area contributed by atoms with E-state index in [-0.39, 0.29) is 23.7 Å². The summed E-state index contributed by atoms with van der Waals surface area (Å²) in [5.41, 5.74) is 6.05. The maximum Gasteiger partial charge on any atom is 0.390 e. The third-order valence-corrected chi connectivity index (χ3v) is 4.52. The lowest BCUT2D eigenvalue weighted by Crippen LogP contribution is -2.37. The van der Waals surface area contributed by atoms with Gasteiger partial charge in [-0.05, 0) is 31.8 Å². The first-order valence-electron chi connectivity index (χ1n) is 8.17. The number of aromatic nitrogens is 2. The van der Waals surface area contributed by atoms with Gasteiger partial charge in [0.05, 0.1) is 23.9 Å². The van der Waals surface area contributed by atoms with Gasteiger partial charge >= 0.3 is 6.18 Å². The molecule has 9 heteroatoms. The summed E-state index contributed by atoms with van der Waals surface area (Å²) >= 11 is 0. The number of hydrogen-bond donors (Lipinski definition) is 2. The number of alkyl halides is 3. The third-order valence-electron chi connectivity index (χ3n) is 4.52. The Hall–Kier alpha value is -2.03. The fourth-order valence-corrected chi connectivity index (χ4v) is 3.07. The lowest BCUT2D eigenvalue weighted by molar-refractivity contribution is -0.138. The molecular weight excluding hydrogens is 340 g/mol. The van der Waals surface area contributed by atoms with Crippen molar-refractivity contribution in [2.45, 2.75) is 25.4 Å². The molecule has 2 heterocycles. The summed E-state index contributed by atoms with van der Waals surface area (Å²) in [5, 5.41) is 6.65. The number of nitrogens with zero attached hydrogens (tertiary/aromatic N) is 2. The second kappa shape index (κ2) is 7.07. The highest BCUT2D eigenvalue weighted by atomic mass is 19.4. The van der Waals surface area contributed by atoms with Gasteiger partial charge in [0.2, 0.25) is 0 Å². The molecule has 1 saturated heterocycles. The van der Waals surface area contributed by atoms with Crippen molar-refractivity contribution in [3.8, 4) is 5.75 Å². The highest BCUT2D eigenvalue weighted by Gasteiger charge is 2.29. The number of hydrogen-bond acceptors (Lipinski definition) is 4. The van der Waals surface area contributed by atoms with Crippen molar-refractivity contribution in [1.29, 1.82) is 0 Å². The van der Waals surface area contributed by atoms with Crippen molar-refractivity contribution in [2.75, 3.05) is 32.0 Å². The van der Waals surface area contributed by atoms with E-state index in [1.165, 1.54) is 6.07 Å². The zero-order chi connectivity index (χ0) is 18.0. The number of likely N-dealkylation sites (tertiary alicyclic amines) is 1. The average Bonchev–Trinajstić information content (AvgIpc) is 2.93. The molecule has 0 aliphatic carbocycles. The van der Waals surface area contributed by atoms with Gasteiger partial charge in [-0.15, -0.1) is 0 Å². The Morgan fingerprint density at radius 2 is 2.00 bits per heavy atom. The van der Waals surface area contributed by atoms with Crippen molar-refractivity contribution < 1.29 is 22.3 Å². The topological polar surface area (TPSA) is 67.2 Å². The van der Waals surface area contributed by atoms with Crippen molar-refractivity contribution in [2.24, 2.45) is 5.92 Å². The first kappa shape index (κ1) is 17.8. The van der Waals surface area contributed by atoms with Gasteiger partial charge in [0, 0.05) is 18.7 Å². The van der Waals surface area contributed by atoms with Crippen LogP contribution in [-0.2, 0) is 0 Å². The number of halogens is 4. The van der Waals surface area contributed by atoms with E-state index in [0.717, 1.165) is 12.8 Å². The summed E-state index contributed by atoms with van der Waals surface area (Å²) in [7, 11) is 0. The minimum Gasteiger partial charge on any atom is -0.493 e. The summed E-state index contributed by atoms with van der Waals surface area (Å²) in [6.45, 7) is 1.69. The smallest absolute Gasteiger partial charge is 0.390 e. The first-order chi connectivity index (χ1) is 11.8. The monoisotopic (exact) mass is 360 g/mol. The molecule has 0 unspecified atom stereocenters. The van der Waals surface area contributed by atoms with Crippen molar-refractivity contribution in [3.05, 3.63) is 17.9 Å². The zero-order valence-electron chi connectivity index (χ0n) is 13.6. The van der Waals surface area contributed by atoms with Crippen LogP contribution in [0.4, 0.5) is 23.4 Å². The highest BCUT2D eigenvalue weighted by molar-refractivity contribution is 5.90. The van der Waals surface area contributed by atoms with Gasteiger partial charge in [-0.1, -0.05) is 0 Å². The lowest BCUT2D eigenvalue weighted by atomic mass is 9.97. The standard InChI is InChI=1S/C16H20F4N4O/c17-12-7-11(8-13-14(12)15(21)23-22-13)25-9-10-1-4-24(5-2-10)6-3-16(18,19)20/h7-8,10H,1-6,9H2,(H3,21,22,23). The van der Waals surface area contributed by atoms with E-state index in [9.17, 15) is 17.6 Å². The Morgan fingerprint density at radius 1 is 1.28 bits per heavy atom. The molecule has 0 saturated carbocycles. The molecule has 0 bridgehead atoms. The number of H-pyrrole nitrogens is 1. The molecule has 1 aliphatic rings. The van der Waals surface area contributed by atoms with Crippen molar-refractivity contribution in [1.82, 2.24) is 15.1 Å². The van der Waals surface area contributed by atoms with E-state index in [2.05, 4.69) is 10.2 Å². The average molecular weight is 360 g/mol. The molecular formula is C16H20F4N4O. The fraction of sp³-hybridized carbons (Fsp3) is 0.562. The Kier molecular flexibility index (Phi) is 5.03. The van der Waals surface area contributed by atoms with E-state index in [1.807, 2.05) is 4.90 Å². The molecule has 3 N–H and O–H groups in total. The van der Waals surface area contributed by atoms with Crippen LogP contribution in [0.1, 0.15) is 19.3 Å². The largest absolute Gasteiger partial charge is 0.493 e. The van der Waals surface area contributed by atoms with Crippen molar-refractivity contribution in [3.63, 3.8) is 0 Å². The number of aromatic amines is 1. The van der Waals surface area contributed by atoms with E-state index < -0.39 is 18.4 Å². The predicted molar refractivity (Wildman–Crippen MR) is 85.8 cm³/mol. The SMILES string of the molecule is Nc1n[nH]c2cc(OCC3CCN(CCC(F)(F)F)CC3)cc(F)c12. The molecule has 0 spiro atoms. The summed E-state index contributed by atoms with van der Waals surface area (Å²) in [6, 6.07) is 2.91. The summed E-state index contributed by atoms with van der Waals surface area (Å²) in [4.78, 5) is 1.82. The van der Waals surface area contributed by atoms with E-state index in [0.29, 0.717) is 31.0 Å². The van der Waals surface area contributed by atoms with E-state index >= 15 is 0 Å². The number of nitrogen functional groups attached to an aromatic ring is 1. The van der Waals surface area contributed by atoms with Gasteiger partial charge in [-0.2, -0.15) is 18.3 Å². The molecule has 5 nitrogen and oxygen atoms in total. The molecule has 138 valence electrons. The number of fused-ring (bicyclic) bond motifs is 1. The fourth-order valence-electron chi connectivity index (χ4n) is 3.07. The number of rotatable bonds is 5. The molecule has 1 aromatic carbocycles. The van der Waals surface area contributed by atoms with Crippen LogP contribution in [0.25, 0.3) is 10.9 Å². The van der Waals surface area contributed by atoms with E-state index in [4.69, 9.17) is 10.5 Å². The number of anilines is 1. The zero-order valence-corrected chi connectivity index (χ0v) is 13.6. The third kappa shape index (κ3) is 4.53. The Balaban J connectivity index is 1.49. The van der Waals surface area contributed by atoms with Gasteiger partial charge in [0.1, 0.15) is 11.6 Å². The Bertz CT molecular complexity index is 723. The van der Waals surface area contributed by atoms with Crippen LogP contribution < -0.4 is 10.5 Å². The van der Waals surface area contributed by atoms with Crippen LogP contribution >= 0.6 is 0 Å². The number of nitrogens with one attached hydrogen (secondary N) is 1. The molecule has 0 radical (unpaired) electrons. The summed E-state index contributed by atoms with van der Waals surface area (Å²) < 4.78 is 56.4. The predicted octanol–water partition coefficient (Wildman–Crippen LogP) is 3.33.